The highest BCUT2D eigenvalue weighted by Gasteiger charge is 2.11. The van der Waals surface area contributed by atoms with Gasteiger partial charge >= 0.3 is 0 Å². The van der Waals surface area contributed by atoms with Crippen LogP contribution >= 0.6 is 23.2 Å². The third kappa shape index (κ3) is 1.92. The van der Waals surface area contributed by atoms with Crippen molar-refractivity contribution in [2.75, 3.05) is 6.61 Å². The number of benzene rings is 1. The van der Waals surface area contributed by atoms with Crippen molar-refractivity contribution in [3.05, 3.63) is 33.9 Å². The summed E-state index contributed by atoms with van der Waals surface area (Å²) in [5, 5.41) is 20.1. The zero-order valence-electron chi connectivity index (χ0n) is 8.45. The van der Waals surface area contributed by atoms with Crippen LogP contribution in [0.5, 0.6) is 0 Å². The van der Waals surface area contributed by atoms with E-state index in [9.17, 15) is 5.11 Å². The highest BCUT2D eigenvalue weighted by atomic mass is 35.5. The van der Waals surface area contributed by atoms with E-state index in [4.69, 9.17) is 28.3 Å². The summed E-state index contributed by atoms with van der Waals surface area (Å²) >= 11 is 12.0. The fourth-order valence-electron chi connectivity index (χ4n) is 1.83. The molecule has 0 aliphatic rings. The first-order valence-electron chi connectivity index (χ1n) is 4.86. The molecule has 1 heterocycles. The topological polar surface area (TPSA) is 45.4 Å². The fourth-order valence-corrected chi connectivity index (χ4v) is 2.37. The van der Waals surface area contributed by atoms with Crippen LogP contribution in [0.3, 0.4) is 0 Å². The van der Waals surface area contributed by atoms with Crippen molar-refractivity contribution in [3.63, 3.8) is 0 Å². The summed E-state index contributed by atoms with van der Waals surface area (Å²) in [5.41, 5.74) is 1.55. The largest absolute Gasteiger partial charge is 0.395 e. The lowest BCUT2D eigenvalue weighted by molar-refractivity contribution is 0.253. The number of halogens is 2. The molecule has 0 spiro atoms. The van der Waals surface area contributed by atoms with Gasteiger partial charge in [0.1, 0.15) is 0 Å². The molecule has 2 N–H and O–H groups in total. The molecule has 0 aliphatic carbocycles. The van der Waals surface area contributed by atoms with Gasteiger partial charge in [0.2, 0.25) is 0 Å². The predicted octanol–water partition coefficient (Wildman–Crippen LogP) is 2.43. The first-order valence-corrected chi connectivity index (χ1v) is 5.62. The van der Waals surface area contributed by atoms with E-state index in [1.807, 2.05) is 10.6 Å². The van der Waals surface area contributed by atoms with Gasteiger partial charge in [-0.3, -0.25) is 0 Å². The molecule has 0 unspecified atom stereocenters. The number of nitrogens with zero attached hydrogens (tertiary/aromatic N) is 1. The van der Waals surface area contributed by atoms with Crippen LogP contribution in [0.2, 0.25) is 10.0 Å². The third-order valence-corrected chi connectivity index (χ3v) is 3.04. The van der Waals surface area contributed by atoms with E-state index in [2.05, 4.69) is 0 Å². The molecule has 2 rings (SSSR count). The van der Waals surface area contributed by atoms with Crippen LogP contribution in [-0.4, -0.2) is 21.4 Å². The van der Waals surface area contributed by atoms with Crippen molar-refractivity contribution < 1.29 is 10.2 Å². The van der Waals surface area contributed by atoms with Gasteiger partial charge in [0.15, 0.2) is 0 Å². The van der Waals surface area contributed by atoms with E-state index < -0.39 is 0 Å². The maximum absolute atomic E-state index is 9.23. The smallest absolute Gasteiger partial charge is 0.0833 e. The number of rotatable bonds is 3. The van der Waals surface area contributed by atoms with E-state index >= 15 is 0 Å². The lowest BCUT2D eigenvalue weighted by atomic mass is 10.2. The molecule has 0 radical (unpaired) electrons. The summed E-state index contributed by atoms with van der Waals surface area (Å²) < 4.78 is 1.81. The maximum Gasteiger partial charge on any atom is 0.0833 e. The number of aromatic nitrogens is 1. The summed E-state index contributed by atoms with van der Waals surface area (Å²) in [6.07, 6.45) is 0. The molecule has 0 fully saturated rings. The van der Waals surface area contributed by atoms with Crippen LogP contribution in [0.1, 0.15) is 5.69 Å². The molecule has 0 saturated heterocycles. The lowest BCUT2D eigenvalue weighted by Gasteiger charge is -2.07. The molecule has 0 amide bonds. The Labute approximate surface area is 103 Å². The molecule has 2 aromatic rings. The highest BCUT2D eigenvalue weighted by Crippen LogP contribution is 2.30. The Balaban J connectivity index is 2.73. The average molecular weight is 260 g/mol. The van der Waals surface area contributed by atoms with Gasteiger partial charge < -0.3 is 14.8 Å². The van der Waals surface area contributed by atoms with Gasteiger partial charge in [0.05, 0.1) is 23.8 Å². The Morgan fingerprint density at radius 2 is 1.88 bits per heavy atom. The van der Waals surface area contributed by atoms with Crippen molar-refractivity contribution in [2.24, 2.45) is 0 Å². The van der Waals surface area contributed by atoms with Gasteiger partial charge in [0, 0.05) is 22.6 Å². The molecule has 0 atom stereocenters. The van der Waals surface area contributed by atoms with Gasteiger partial charge in [-0.05, 0) is 18.2 Å². The Morgan fingerprint density at radius 1 is 1.12 bits per heavy atom. The molecule has 0 bridgehead atoms. The van der Waals surface area contributed by atoms with Crippen molar-refractivity contribution in [2.45, 2.75) is 13.2 Å². The van der Waals surface area contributed by atoms with Crippen molar-refractivity contribution in [1.29, 1.82) is 0 Å². The molecule has 0 aliphatic heterocycles. The van der Waals surface area contributed by atoms with Crippen LogP contribution in [0.15, 0.2) is 18.2 Å². The predicted molar refractivity (Wildman–Crippen MR) is 65.0 cm³/mol. The summed E-state index contributed by atoms with van der Waals surface area (Å²) in [5.74, 6) is 0. The van der Waals surface area contributed by atoms with E-state index in [1.165, 1.54) is 0 Å². The summed E-state index contributed by atoms with van der Waals surface area (Å²) in [7, 11) is 0. The van der Waals surface area contributed by atoms with E-state index in [1.54, 1.807) is 12.1 Å². The Hall–Kier alpha value is -0.740. The third-order valence-electron chi connectivity index (χ3n) is 2.51. The van der Waals surface area contributed by atoms with Gasteiger partial charge in [-0.1, -0.05) is 23.2 Å². The first kappa shape index (κ1) is 11.7. The molecule has 86 valence electrons. The van der Waals surface area contributed by atoms with Gasteiger partial charge in [-0.25, -0.2) is 0 Å². The molecule has 1 aromatic heterocycles. The van der Waals surface area contributed by atoms with Gasteiger partial charge in [-0.15, -0.1) is 0 Å². The summed E-state index contributed by atoms with van der Waals surface area (Å²) in [4.78, 5) is 0. The summed E-state index contributed by atoms with van der Waals surface area (Å²) in [6.45, 7) is 0.319. The molecule has 1 aromatic carbocycles. The minimum Gasteiger partial charge on any atom is -0.395 e. The van der Waals surface area contributed by atoms with Gasteiger partial charge in [0.25, 0.3) is 0 Å². The van der Waals surface area contributed by atoms with Crippen molar-refractivity contribution >= 4 is 34.1 Å². The van der Waals surface area contributed by atoms with Crippen LogP contribution in [-0.2, 0) is 13.2 Å². The average Bonchev–Trinajstić information content (AvgIpc) is 2.58. The van der Waals surface area contributed by atoms with E-state index in [0.29, 0.717) is 22.3 Å². The van der Waals surface area contributed by atoms with Crippen molar-refractivity contribution in [3.8, 4) is 0 Å². The SMILES string of the molecule is OCCn1c(CO)cc2c(Cl)cc(Cl)cc21. The molecule has 5 heteroatoms. The number of aliphatic hydroxyl groups excluding tert-OH is 2. The fraction of sp³-hybridized carbons (Fsp3) is 0.273. The van der Waals surface area contributed by atoms with E-state index in [0.717, 1.165) is 10.9 Å². The number of fused-ring (bicyclic) bond motifs is 1. The van der Waals surface area contributed by atoms with Crippen LogP contribution in [0.4, 0.5) is 0 Å². The minimum atomic E-state index is -0.0946. The second kappa shape index (κ2) is 4.63. The van der Waals surface area contributed by atoms with Gasteiger partial charge in [-0.2, -0.15) is 0 Å². The number of hydrogen-bond donors (Lipinski definition) is 2. The zero-order chi connectivity index (χ0) is 11.7. The zero-order valence-corrected chi connectivity index (χ0v) is 9.96. The van der Waals surface area contributed by atoms with Crippen LogP contribution < -0.4 is 0 Å². The minimum absolute atomic E-state index is 0.000905. The molecular formula is C11H11Cl2NO2. The number of aliphatic hydroxyl groups is 2. The molecular weight excluding hydrogens is 249 g/mol. The second-order valence-electron chi connectivity index (χ2n) is 3.49. The summed E-state index contributed by atoms with van der Waals surface area (Å²) in [6, 6.07) is 5.25. The van der Waals surface area contributed by atoms with Crippen LogP contribution in [0.25, 0.3) is 10.9 Å². The monoisotopic (exact) mass is 259 g/mol. The molecule has 3 nitrogen and oxygen atoms in total. The first-order chi connectivity index (χ1) is 7.67. The Morgan fingerprint density at radius 3 is 2.50 bits per heavy atom. The van der Waals surface area contributed by atoms with E-state index in [-0.39, 0.29) is 13.2 Å². The maximum atomic E-state index is 9.23. The molecule has 0 saturated carbocycles. The van der Waals surface area contributed by atoms with Crippen LogP contribution in [0, 0.1) is 0 Å². The highest BCUT2D eigenvalue weighted by molar-refractivity contribution is 6.38. The van der Waals surface area contributed by atoms with Crippen molar-refractivity contribution in [1.82, 2.24) is 4.57 Å². The Bertz CT molecular complexity index is 522. The number of hydrogen-bond acceptors (Lipinski definition) is 2. The molecule has 16 heavy (non-hydrogen) atoms. The lowest BCUT2D eigenvalue weighted by Crippen LogP contribution is -2.05. The second-order valence-corrected chi connectivity index (χ2v) is 4.33. The normalized spacial score (nSPS) is 11.2. The quantitative estimate of drug-likeness (QED) is 0.890. The Kier molecular flexibility index (Phi) is 3.40. The standard InChI is InChI=1S/C11H11Cl2NO2/c12-7-3-10(13)9-5-8(6-16)14(1-2-15)11(9)4-7/h3-5,15-16H,1-2,6H2.